The molecule has 3 nitrogen and oxygen atoms in total. The highest BCUT2D eigenvalue weighted by molar-refractivity contribution is 7.07. The highest BCUT2D eigenvalue weighted by atomic mass is 32.1. The van der Waals surface area contributed by atoms with Crippen LogP contribution in [-0.4, -0.2) is 11.7 Å². The number of hydrogen-bond acceptors (Lipinski definition) is 3. The van der Waals surface area contributed by atoms with Crippen LogP contribution in [0.3, 0.4) is 0 Å². The molecule has 0 saturated heterocycles. The number of methoxy groups -OCH3 is 1. The first-order valence-electron chi connectivity index (χ1n) is 5.84. The zero-order valence-electron chi connectivity index (χ0n) is 10.1. The van der Waals surface area contributed by atoms with E-state index in [4.69, 9.17) is 4.74 Å². The van der Waals surface area contributed by atoms with Crippen molar-refractivity contribution in [1.29, 1.82) is 0 Å². The molecule has 0 bridgehead atoms. The van der Waals surface area contributed by atoms with Gasteiger partial charge in [-0.2, -0.15) is 0 Å². The molecule has 0 atom stereocenters. The van der Waals surface area contributed by atoms with Crippen molar-refractivity contribution in [3.8, 4) is 5.75 Å². The molecule has 4 heteroatoms. The first-order chi connectivity index (χ1) is 8.79. The molecule has 1 aliphatic rings. The van der Waals surface area contributed by atoms with Crippen molar-refractivity contribution in [2.45, 2.75) is 13.0 Å². The van der Waals surface area contributed by atoms with Gasteiger partial charge in [0.2, 0.25) is 0 Å². The summed E-state index contributed by atoms with van der Waals surface area (Å²) in [6.45, 7) is 0.810. The van der Waals surface area contributed by atoms with Gasteiger partial charge < -0.3 is 4.74 Å². The Morgan fingerprint density at radius 3 is 3.00 bits per heavy atom. The standard InChI is InChI=1S/C14H13NO2S/c1-17-11-6-3-2-5-10(11)9-12-14(16)15-8-4-7-13(15)18-12/h2-3,5-7,9H,4,8H2,1H3/b12-9-. The number of nitrogens with zero attached hydrogens (tertiary/aromatic N) is 1. The average molecular weight is 259 g/mol. The van der Waals surface area contributed by atoms with Gasteiger partial charge in [0.1, 0.15) is 5.75 Å². The van der Waals surface area contributed by atoms with Crippen LogP contribution in [0, 0.1) is 0 Å². The Morgan fingerprint density at radius 1 is 1.39 bits per heavy atom. The normalized spacial score (nSPS) is 14.4. The number of hydrogen-bond donors (Lipinski definition) is 0. The van der Waals surface area contributed by atoms with E-state index in [2.05, 4.69) is 6.08 Å². The molecule has 0 N–H and O–H groups in total. The first-order valence-corrected chi connectivity index (χ1v) is 6.66. The molecule has 0 spiro atoms. The van der Waals surface area contributed by atoms with Gasteiger partial charge in [-0.1, -0.05) is 18.2 Å². The summed E-state index contributed by atoms with van der Waals surface area (Å²) in [6.07, 6.45) is 4.99. The second kappa shape index (κ2) is 4.46. The van der Waals surface area contributed by atoms with Gasteiger partial charge in [0, 0.05) is 12.1 Å². The lowest BCUT2D eigenvalue weighted by Crippen LogP contribution is -2.29. The van der Waals surface area contributed by atoms with Crippen molar-refractivity contribution in [2.24, 2.45) is 0 Å². The molecule has 92 valence electrons. The van der Waals surface area contributed by atoms with Gasteiger partial charge in [0.15, 0.2) is 0 Å². The zero-order valence-corrected chi connectivity index (χ0v) is 10.9. The van der Waals surface area contributed by atoms with Crippen LogP contribution in [0.25, 0.3) is 12.2 Å². The lowest BCUT2D eigenvalue weighted by Gasteiger charge is -2.02. The number of rotatable bonds is 2. The van der Waals surface area contributed by atoms with Gasteiger partial charge in [0.05, 0.1) is 16.3 Å². The summed E-state index contributed by atoms with van der Waals surface area (Å²) in [5.74, 6) is 0.791. The van der Waals surface area contributed by atoms with Crippen LogP contribution in [-0.2, 0) is 6.54 Å². The Kier molecular flexibility index (Phi) is 2.80. The van der Waals surface area contributed by atoms with Gasteiger partial charge in [-0.3, -0.25) is 9.36 Å². The molecule has 0 radical (unpaired) electrons. The summed E-state index contributed by atoms with van der Waals surface area (Å²) in [4.78, 5) is 12.1. The maximum Gasteiger partial charge on any atom is 0.269 e. The Morgan fingerprint density at radius 2 is 2.22 bits per heavy atom. The van der Waals surface area contributed by atoms with Crippen molar-refractivity contribution in [3.63, 3.8) is 0 Å². The summed E-state index contributed by atoms with van der Waals surface area (Å²) in [6, 6.07) is 7.72. The summed E-state index contributed by atoms with van der Waals surface area (Å²) in [7, 11) is 1.64. The lowest BCUT2D eigenvalue weighted by molar-refractivity contribution is 0.414. The predicted molar refractivity (Wildman–Crippen MR) is 73.5 cm³/mol. The minimum absolute atomic E-state index is 0.106. The molecule has 3 rings (SSSR count). The van der Waals surface area contributed by atoms with Gasteiger partial charge in [0.25, 0.3) is 5.56 Å². The van der Waals surface area contributed by atoms with Crippen molar-refractivity contribution in [2.75, 3.05) is 7.11 Å². The molecule has 2 heterocycles. The second-order valence-corrected chi connectivity index (χ2v) is 5.20. The van der Waals surface area contributed by atoms with Crippen LogP contribution in [0.1, 0.15) is 12.0 Å². The van der Waals surface area contributed by atoms with E-state index in [1.165, 1.54) is 0 Å². The molecular weight excluding hydrogens is 246 g/mol. The van der Waals surface area contributed by atoms with Crippen LogP contribution in [0.15, 0.2) is 29.1 Å². The minimum atomic E-state index is 0.106. The van der Waals surface area contributed by atoms with E-state index in [1.807, 2.05) is 34.9 Å². The molecule has 0 fully saturated rings. The predicted octanol–water partition coefficient (Wildman–Crippen LogP) is 0.931. The fraction of sp³-hybridized carbons (Fsp3) is 0.214. The van der Waals surface area contributed by atoms with E-state index in [1.54, 1.807) is 18.4 Å². The SMILES string of the molecule is COc1ccccc1/C=c1\sc2n(c1=O)CCC=2. The molecule has 1 aromatic carbocycles. The summed E-state index contributed by atoms with van der Waals surface area (Å²) >= 11 is 1.55. The van der Waals surface area contributed by atoms with Gasteiger partial charge >= 0.3 is 0 Å². The van der Waals surface area contributed by atoms with Gasteiger partial charge in [-0.05, 0) is 24.6 Å². The maximum atomic E-state index is 12.1. The highest BCUT2D eigenvalue weighted by Crippen LogP contribution is 2.17. The third-order valence-electron chi connectivity index (χ3n) is 3.03. The van der Waals surface area contributed by atoms with Gasteiger partial charge in [-0.15, -0.1) is 11.3 Å². The van der Waals surface area contributed by atoms with E-state index in [9.17, 15) is 4.79 Å². The Labute approximate surface area is 108 Å². The summed E-state index contributed by atoms with van der Waals surface area (Å²) < 4.78 is 8.97. The Balaban J connectivity index is 2.21. The van der Waals surface area contributed by atoms with Crippen LogP contribution >= 0.6 is 11.3 Å². The van der Waals surface area contributed by atoms with Crippen LogP contribution < -0.4 is 19.5 Å². The third kappa shape index (κ3) is 1.78. The van der Waals surface area contributed by atoms with E-state index >= 15 is 0 Å². The Bertz CT molecular complexity index is 755. The largest absolute Gasteiger partial charge is 0.496 e. The van der Waals surface area contributed by atoms with Crippen molar-refractivity contribution in [1.82, 2.24) is 4.57 Å². The number of ether oxygens (including phenoxy) is 1. The topological polar surface area (TPSA) is 31.2 Å². The summed E-state index contributed by atoms with van der Waals surface area (Å²) in [5.41, 5.74) is 1.05. The molecule has 1 aliphatic heterocycles. The molecule has 0 saturated carbocycles. The molecule has 2 aromatic rings. The van der Waals surface area contributed by atoms with Crippen molar-refractivity contribution in [3.05, 3.63) is 49.4 Å². The van der Waals surface area contributed by atoms with Crippen molar-refractivity contribution >= 4 is 23.5 Å². The lowest BCUT2D eigenvalue weighted by atomic mass is 10.2. The molecule has 0 aliphatic carbocycles. The fourth-order valence-corrected chi connectivity index (χ4v) is 3.24. The average Bonchev–Trinajstić information content (AvgIpc) is 2.95. The smallest absolute Gasteiger partial charge is 0.269 e. The molecule has 0 unspecified atom stereocenters. The highest BCUT2D eigenvalue weighted by Gasteiger charge is 2.08. The first kappa shape index (κ1) is 11.3. The van der Waals surface area contributed by atoms with Crippen LogP contribution in [0.2, 0.25) is 0 Å². The monoisotopic (exact) mass is 259 g/mol. The Hall–Kier alpha value is -1.81. The van der Waals surface area contributed by atoms with E-state index in [0.29, 0.717) is 0 Å². The fourth-order valence-electron chi connectivity index (χ4n) is 2.14. The number of thiazole rings is 1. The number of para-hydroxylation sites is 1. The quantitative estimate of drug-likeness (QED) is 0.803. The zero-order chi connectivity index (χ0) is 12.5. The number of fused-ring (bicyclic) bond motifs is 1. The van der Waals surface area contributed by atoms with E-state index in [-0.39, 0.29) is 5.56 Å². The van der Waals surface area contributed by atoms with E-state index < -0.39 is 0 Å². The second-order valence-electron chi connectivity index (χ2n) is 4.14. The summed E-state index contributed by atoms with van der Waals surface area (Å²) in [5, 5.41) is 0. The van der Waals surface area contributed by atoms with Gasteiger partial charge in [-0.25, -0.2) is 0 Å². The third-order valence-corrected chi connectivity index (χ3v) is 4.14. The molecular formula is C14H13NO2S. The number of aromatic nitrogens is 1. The van der Waals surface area contributed by atoms with E-state index in [0.717, 1.165) is 33.5 Å². The maximum absolute atomic E-state index is 12.1. The molecule has 0 amide bonds. The minimum Gasteiger partial charge on any atom is -0.496 e. The van der Waals surface area contributed by atoms with Crippen LogP contribution in [0.5, 0.6) is 5.75 Å². The van der Waals surface area contributed by atoms with Crippen LogP contribution in [0.4, 0.5) is 0 Å². The molecule has 1 aromatic heterocycles. The number of benzene rings is 1. The molecule has 18 heavy (non-hydrogen) atoms. The van der Waals surface area contributed by atoms with Crippen molar-refractivity contribution < 1.29 is 4.74 Å².